The molecule has 2 atom stereocenters. The molecular weight excluding hydrogens is 558 g/mol. The van der Waals surface area contributed by atoms with E-state index in [0.717, 1.165) is 11.1 Å². The number of aliphatic hydroxyl groups excluding tert-OH is 1. The number of rotatable bonds is 11. The highest BCUT2D eigenvalue weighted by molar-refractivity contribution is 8.00. The Morgan fingerprint density at radius 1 is 1.02 bits per heavy atom. The van der Waals surface area contributed by atoms with E-state index in [0.29, 0.717) is 30.7 Å². The number of aliphatic hydroxyl groups is 1. The van der Waals surface area contributed by atoms with E-state index in [4.69, 9.17) is 9.47 Å². The van der Waals surface area contributed by atoms with Crippen LogP contribution in [0.2, 0.25) is 0 Å². The first-order chi connectivity index (χ1) is 20.1. The van der Waals surface area contributed by atoms with Crippen LogP contribution in [0.25, 0.3) is 0 Å². The molecule has 0 bridgehead atoms. The van der Waals surface area contributed by atoms with Gasteiger partial charge in [-0.25, -0.2) is 9.59 Å². The number of fused-ring (bicyclic) bond motifs is 1. The minimum Gasteiger partial charge on any atom is -0.448 e. The van der Waals surface area contributed by atoms with Gasteiger partial charge in [0.1, 0.15) is 22.7 Å². The molecule has 1 saturated heterocycles. The molecule has 0 radical (unpaired) electrons. The first-order valence-electron chi connectivity index (χ1n) is 13.9. The summed E-state index contributed by atoms with van der Waals surface area (Å²) in [6.07, 6.45) is 0.0379. The van der Waals surface area contributed by atoms with Crippen molar-refractivity contribution in [3.05, 3.63) is 83.1 Å². The number of carbonyl (C=O) groups excluding carboxylic acids is 4. The Morgan fingerprint density at radius 2 is 1.64 bits per heavy atom. The number of β-lactam (4-membered cyclic amide) rings is 1. The highest BCUT2D eigenvalue weighted by Gasteiger charge is 2.54. The van der Waals surface area contributed by atoms with Crippen molar-refractivity contribution < 1.29 is 33.8 Å². The van der Waals surface area contributed by atoms with E-state index in [2.05, 4.69) is 10.6 Å². The van der Waals surface area contributed by atoms with Crippen LogP contribution in [0.4, 0.5) is 4.79 Å². The molecule has 2 aromatic carbocycles. The zero-order valence-corrected chi connectivity index (χ0v) is 24.8. The van der Waals surface area contributed by atoms with Crippen LogP contribution in [-0.4, -0.2) is 69.8 Å². The SMILES string of the molecule is CC(C)(C)OC(=O)NCCCCC(=O)N[C@@H]1C(=O)N2C(C(=O)OC(c3ccccc3)c3ccccc3)=C(CO)CSC12. The topological polar surface area (TPSA) is 134 Å². The maximum atomic E-state index is 13.6. The maximum Gasteiger partial charge on any atom is 0.407 e. The largest absolute Gasteiger partial charge is 0.448 e. The molecule has 1 unspecified atom stereocenters. The number of alkyl carbamates (subject to hydrolysis) is 1. The molecule has 0 spiro atoms. The molecule has 1 fully saturated rings. The normalized spacial score (nSPS) is 18.2. The number of thioether (sulfide) groups is 1. The van der Waals surface area contributed by atoms with E-state index in [9.17, 15) is 24.3 Å². The predicted molar refractivity (Wildman–Crippen MR) is 158 cm³/mol. The van der Waals surface area contributed by atoms with E-state index in [1.807, 2.05) is 60.7 Å². The van der Waals surface area contributed by atoms with Crippen molar-refractivity contribution in [1.29, 1.82) is 0 Å². The molecule has 3 N–H and O–H groups in total. The number of nitrogens with one attached hydrogen (secondary N) is 2. The Balaban J connectivity index is 1.35. The number of hydrogen-bond acceptors (Lipinski definition) is 8. The Hall–Kier alpha value is -3.83. The molecular formula is C31H37N3O7S. The van der Waals surface area contributed by atoms with Crippen molar-refractivity contribution in [2.24, 2.45) is 0 Å². The predicted octanol–water partition coefficient (Wildman–Crippen LogP) is 3.66. The van der Waals surface area contributed by atoms with E-state index in [1.165, 1.54) is 16.7 Å². The summed E-state index contributed by atoms with van der Waals surface area (Å²) in [7, 11) is 0. The molecule has 0 saturated carbocycles. The van der Waals surface area contributed by atoms with Crippen LogP contribution in [-0.2, 0) is 23.9 Å². The van der Waals surface area contributed by atoms with Gasteiger partial charge in [0.25, 0.3) is 5.91 Å². The fourth-order valence-electron chi connectivity index (χ4n) is 4.70. The number of hydrogen-bond donors (Lipinski definition) is 3. The molecule has 10 nitrogen and oxygen atoms in total. The Bertz CT molecular complexity index is 1270. The first-order valence-corrected chi connectivity index (χ1v) is 15.0. The Morgan fingerprint density at radius 3 is 2.21 bits per heavy atom. The average molecular weight is 596 g/mol. The van der Waals surface area contributed by atoms with E-state index in [-0.39, 0.29) is 18.0 Å². The molecule has 42 heavy (non-hydrogen) atoms. The van der Waals surface area contributed by atoms with Gasteiger partial charge in [0, 0.05) is 18.7 Å². The summed E-state index contributed by atoms with van der Waals surface area (Å²) >= 11 is 1.38. The van der Waals surface area contributed by atoms with Crippen LogP contribution in [0, 0.1) is 0 Å². The van der Waals surface area contributed by atoms with Crippen LogP contribution in [0.1, 0.15) is 57.3 Å². The molecule has 0 aromatic heterocycles. The van der Waals surface area contributed by atoms with Gasteiger partial charge in [-0.1, -0.05) is 60.7 Å². The quantitative estimate of drug-likeness (QED) is 0.204. The van der Waals surface area contributed by atoms with Gasteiger partial charge in [0.2, 0.25) is 5.91 Å². The molecule has 3 amide bonds. The van der Waals surface area contributed by atoms with E-state index >= 15 is 0 Å². The van der Waals surface area contributed by atoms with Crippen molar-refractivity contribution in [2.75, 3.05) is 18.9 Å². The number of esters is 1. The first kappa shape index (κ1) is 31.1. The molecule has 4 rings (SSSR count). The fraction of sp³-hybridized carbons (Fsp3) is 0.419. The summed E-state index contributed by atoms with van der Waals surface area (Å²) < 4.78 is 11.2. The van der Waals surface area contributed by atoms with Crippen molar-refractivity contribution >= 4 is 35.6 Å². The Labute approximate surface area is 249 Å². The number of nitrogens with zero attached hydrogens (tertiary/aromatic N) is 1. The summed E-state index contributed by atoms with van der Waals surface area (Å²) in [4.78, 5) is 52.5. The van der Waals surface area contributed by atoms with Crippen LogP contribution in [0.3, 0.4) is 0 Å². The number of ether oxygens (including phenoxy) is 2. The van der Waals surface area contributed by atoms with Crippen molar-refractivity contribution in [3.63, 3.8) is 0 Å². The minimum absolute atomic E-state index is 0.0295. The summed E-state index contributed by atoms with van der Waals surface area (Å²) in [6.45, 7) is 5.31. The lowest BCUT2D eigenvalue weighted by molar-refractivity contribution is -0.154. The van der Waals surface area contributed by atoms with Crippen molar-refractivity contribution in [2.45, 2.75) is 63.2 Å². The molecule has 2 heterocycles. The standard InChI is InChI=1S/C31H37N3O7S/c1-31(2,3)41-30(39)32-17-11-10-16-23(36)33-24-27(37)34-25(22(18-35)19-42-28(24)34)29(38)40-26(20-12-6-4-7-13-20)21-14-8-5-9-15-21/h4-9,12-15,24,26,28,35H,10-11,16-19H2,1-3H3,(H,32,39)(H,33,36)/t24-,28?/m1/s1. The molecule has 2 aliphatic heterocycles. The second-order valence-corrected chi connectivity index (χ2v) is 12.2. The summed E-state index contributed by atoms with van der Waals surface area (Å²) in [5.41, 5.74) is 1.38. The lowest BCUT2D eigenvalue weighted by Crippen LogP contribution is -2.70. The van der Waals surface area contributed by atoms with Crippen molar-refractivity contribution in [1.82, 2.24) is 15.5 Å². The van der Waals surface area contributed by atoms with Gasteiger partial charge in [-0.15, -0.1) is 11.8 Å². The van der Waals surface area contributed by atoms with Gasteiger partial charge in [0.15, 0.2) is 6.10 Å². The Kier molecular flexibility index (Phi) is 10.3. The van der Waals surface area contributed by atoms with Crippen LogP contribution in [0.5, 0.6) is 0 Å². The molecule has 0 aliphatic carbocycles. The van der Waals surface area contributed by atoms with Gasteiger partial charge in [-0.2, -0.15) is 0 Å². The van der Waals surface area contributed by atoms with E-state index in [1.54, 1.807) is 20.8 Å². The van der Waals surface area contributed by atoms with Gasteiger partial charge < -0.3 is 25.2 Å². The third-order valence-corrected chi connectivity index (χ3v) is 8.02. The average Bonchev–Trinajstić information content (AvgIpc) is 2.97. The zero-order chi connectivity index (χ0) is 30.3. The monoisotopic (exact) mass is 595 g/mol. The highest BCUT2D eigenvalue weighted by Crippen LogP contribution is 2.41. The number of carbonyl (C=O) groups is 4. The molecule has 2 aromatic rings. The lowest BCUT2D eigenvalue weighted by Gasteiger charge is -2.49. The second kappa shape index (κ2) is 13.9. The summed E-state index contributed by atoms with van der Waals surface area (Å²) in [6, 6.07) is 17.8. The third-order valence-electron chi connectivity index (χ3n) is 6.68. The lowest BCUT2D eigenvalue weighted by atomic mass is 10.0. The minimum atomic E-state index is -0.788. The molecule has 11 heteroatoms. The van der Waals surface area contributed by atoms with Crippen molar-refractivity contribution in [3.8, 4) is 0 Å². The fourth-order valence-corrected chi connectivity index (χ4v) is 6.04. The molecule has 224 valence electrons. The number of unbranched alkanes of at least 4 members (excludes halogenated alkanes) is 1. The third kappa shape index (κ3) is 7.71. The zero-order valence-electron chi connectivity index (χ0n) is 24.0. The smallest absolute Gasteiger partial charge is 0.407 e. The summed E-state index contributed by atoms with van der Waals surface area (Å²) in [5.74, 6) is -1.11. The number of benzene rings is 2. The summed E-state index contributed by atoms with van der Waals surface area (Å²) in [5, 5.41) is 15.0. The van der Waals surface area contributed by atoms with Crippen LogP contribution in [0.15, 0.2) is 71.9 Å². The molecule has 2 aliphatic rings. The number of amides is 3. The van der Waals surface area contributed by atoms with Gasteiger partial charge >= 0.3 is 12.1 Å². The van der Waals surface area contributed by atoms with Gasteiger partial charge in [0.05, 0.1) is 6.61 Å². The van der Waals surface area contributed by atoms with Crippen LogP contribution < -0.4 is 10.6 Å². The van der Waals surface area contributed by atoms with Gasteiger partial charge in [-0.05, 0) is 50.3 Å². The second-order valence-electron chi connectivity index (χ2n) is 11.1. The van der Waals surface area contributed by atoms with Gasteiger partial charge in [-0.3, -0.25) is 14.5 Å². The highest BCUT2D eigenvalue weighted by atomic mass is 32.2. The van der Waals surface area contributed by atoms with E-state index < -0.39 is 47.7 Å². The van der Waals surface area contributed by atoms with Crippen LogP contribution >= 0.6 is 11.8 Å². The maximum absolute atomic E-state index is 13.6.